The molecular formula is C22H17BrFN3O3. The third-order valence-electron chi connectivity index (χ3n) is 4.67. The van der Waals surface area contributed by atoms with Crippen molar-refractivity contribution in [3.63, 3.8) is 0 Å². The van der Waals surface area contributed by atoms with Crippen molar-refractivity contribution in [3.05, 3.63) is 84.9 Å². The molecule has 30 heavy (non-hydrogen) atoms. The van der Waals surface area contributed by atoms with Crippen molar-refractivity contribution >= 4 is 21.8 Å². The Hall–Kier alpha value is -3.44. The highest BCUT2D eigenvalue weighted by Gasteiger charge is 2.17. The topological polar surface area (TPSA) is 109 Å². The van der Waals surface area contributed by atoms with Gasteiger partial charge in [-0.25, -0.2) is 4.39 Å². The highest BCUT2D eigenvalue weighted by atomic mass is 79.9. The third kappa shape index (κ3) is 3.98. The summed E-state index contributed by atoms with van der Waals surface area (Å²) in [6, 6.07) is 11.4. The van der Waals surface area contributed by atoms with Crippen molar-refractivity contribution in [2.24, 2.45) is 5.73 Å². The SMILES string of the molecule is COc1c(Cc2ccc(-c3[nH]c(C)c(Br)c(=O)c3C#N)cc2)cc(F)cc1C(N)=O. The maximum atomic E-state index is 14.0. The minimum Gasteiger partial charge on any atom is -0.496 e. The molecule has 0 aliphatic rings. The normalized spacial score (nSPS) is 10.5. The van der Waals surface area contributed by atoms with Crippen LogP contribution in [0.5, 0.6) is 5.75 Å². The summed E-state index contributed by atoms with van der Waals surface area (Å²) in [6.45, 7) is 1.73. The first kappa shape index (κ1) is 21.3. The molecule has 0 unspecified atom stereocenters. The molecule has 0 fully saturated rings. The van der Waals surface area contributed by atoms with Crippen molar-refractivity contribution in [1.82, 2.24) is 4.98 Å². The first-order valence-corrected chi connectivity index (χ1v) is 9.64. The quantitative estimate of drug-likeness (QED) is 0.591. The maximum absolute atomic E-state index is 14.0. The Labute approximate surface area is 180 Å². The second kappa shape index (κ2) is 8.51. The largest absolute Gasteiger partial charge is 0.496 e. The van der Waals surface area contributed by atoms with Crippen molar-refractivity contribution < 1.29 is 13.9 Å². The number of primary amides is 1. The van der Waals surface area contributed by atoms with Crippen LogP contribution in [0.4, 0.5) is 4.39 Å². The molecule has 1 heterocycles. The minimum absolute atomic E-state index is 0.0122. The number of H-pyrrole nitrogens is 1. The number of amides is 1. The second-order valence-corrected chi connectivity index (χ2v) is 7.43. The molecule has 152 valence electrons. The van der Waals surface area contributed by atoms with E-state index in [1.807, 2.05) is 6.07 Å². The molecule has 1 aromatic heterocycles. The van der Waals surface area contributed by atoms with Gasteiger partial charge in [0.1, 0.15) is 23.2 Å². The van der Waals surface area contributed by atoms with E-state index in [1.54, 1.807) is 31.2 Å². The van der Waals surface area contributed by atoms with Gasteiger partial charge in [0.15, 0.2) is 0 Å². The van der Waals surface area contributed by atoms with E-state index >= 15 is 0 Å². The third-order valence-corrected chi connectivity index (χ3v) is 5.62. The summed E-state index contributed by atoms with van der Waals surface area (Å²) >= 11 is 3.19. The van der Waals surface area contributed by atoms with E-state index in [1.165, 1.54) is 13.2 Å². The first-order valence-electron chi connectivity index (χ1n) is 8.84. The summed E-state index contributed by atoms with van der Waals surface area (Å²) < 4.78 is 19.6. The van der Waals surface area contributed by atoms with Crippen LogP contribution in [0.15, 0.2) is 45.7 Å². The van der Waals surface area contributed by atoms with Crippen LogP contribution >= 0.6 is 15.9 Å². The molecule has 0 atom stereocenters. The summed E-state index contributed by atoms with van der Waals surface area (Å²) in [5.74, 6) is -1.13. The van der Waals surface area contributed by atoms with Crippen molar-refractivity contribution in [3.8, 4) is 23.1 Å². The van der Waals surface area contributed by atoms with Crippen LogP contribution in [0, 0.1) is 24.1 Å². The lowest BCUT2D eigenvalue weighted by molar-refractivity contribution is 0.0996. The van der Waals surface area contributed by atoms with Gasteiger partial charge in [0.2, 0.25) is 5.43 Å². The van der Waals surface area contributed by atoms with E-state index < -0.39 is 11.7 Å². The monoisotopic (exact) mass is 469 g/mol. The number of aromatic nitrogens is 1. The molecule has 0 saturated carbocycles. The molecule has 1 amide bonds. The van der Waals surface area contributed by atoms with E-state index in [-0.39, 0.29) is 22.3 Å². The van der Waals surface area contributed by atoms with Crippen LogP contribution in [0.1, 0.15) is 32.7 Å². The molecule has 2 aromatic carbocycles. The zero-order valence-corrected chi connectivity index (χ0v) is 17.8. The number of nitrogens with two attached hydrogens (primary N) is 1. The zero-order chi connectivity index (χ0) is 22.0. The van der Waals surface area contributed by atoms with E-state index in [0.717, 1.165) is 11.6 Å². The van der Waals surface area contributed by atoms with E-state index in [0.29, 0.717) is 33.4 Å². The highest BCUT2D eigenvalue weighted by Crippen LogP contribution is 2.29. The lowest BCUT2D eigenvalue weighted by Crippen LogP contribution is -2.14. The Bertz CT molecular complexity index is 1240. The van der Waals surface area contributed by atoms with Crippen LogP contribution in [-0.4, -0.2) is 18.0 Å². The van der Waals surface area contributed by atoms with Gasteiger partial charge in [0, 0.05) is 17.7 Å². The Kier molecular flexibility index (Phi) is 6.04. The Morgan fingerprint density at radius 2 is 1.97 bits per heavy atom. The van der Waals surface area contributed by atoms with Crippen molar-refractivity contribution in [2.45, 2.75) is 13.3 Å². The molecule has 0 aliphatic carbocycles. The number of aromatic amines is 1. The average molecular weight is 470 g/mol. The highest BCUT2D eigenvalue weighted by molar-refractivity contribution is 9.10. The first-order chi connectivity index (χ1) is 14.3. The lowest BCUT2D eigenvalue weighted by atomic mass is 9.98. The molecule has 0 radical (unpaired) electrons. The summed E-state index contributed by atoms with van der Waals surface area (Å²) in [6.07, 6.45) is 0.294. The maximum Gasteiger partial charge on any atom is 0.252 e. The van der Waals surface area contributed by atoms with E-state index in [4.69, 9.17) is 10.5 Å². The number of carbonyl (C=O) groups excluding carboxylic acids is 1. The molecule has 0 aliphatic heterocycles. The molecule has 3 rings (SSSR count). The van der Waals surface area contributed by atoms with Gasteiger partial charge in [-0.05, 0) is 46.1 Å². The number of nitrogens with zero attached hydrogens (tertiary/aromatic N) is 1. The molecule has 8 heteroatoms. The van der Waals surface area contributed by atoms with Gasteiger partial charge < -0.3 is 15.5 Å². The number of hydrogen-bond acceptors (Lipinski definition) is 4. The summed E-state index contributed by atoms with van der Waals surface area (Å²) in [5, 5.41) is 9.40. The zero-order valence-electron chi connectivity index (χ0n) is 16.2. The van der Waals surface area contributed by atoms with Crippen LogP contribution in [0.25, 0.3) is 11.3 Å². The van der Waals surface area contributed by atoms with E-state index in [9.17, 15) is 19.2 Å². The molecule has 0 spiro atoms. The van der Waals surface area contributed by atoms with Gasteiger partial charge in [0.25, 0.3) is 5.91 Å². The smallest absolute Gasteiger partial charge is 0.252 e. The van der Waals surface area contributed by atoms with Crippen molar-refractivity contribution in [1.29, 1.82) is 5.26 Å². The molecular weight excluding hydrogens is 453 g/mol. The molecule has 6 nitrogen and oxygen atoms in total. The van der Waals surface area contributed by atoms with Gasteiger partial charge >= 0.3 is 0 Å². The minimum atomic E-state index is -0.776. The predicted octanol–water partition coefficient (Wildman–Crippen LogP) is 3.82. The molecule has 3 aromatic rings. The van der Waals surface area contributed by atoms with Gasteiger partial charge in [-0.3, -0.25) is 9.59 Å². The van der Waals surface area contributed by atoms with E-state index in [2.05, 4.69) is 20.9 Å². The van der Waals surface area contributed by atoms with Crippen molar-refractivity contribution in [2.75, 3.05) is 7.11 Å². The fourth-order valence-corrected chi connectivity index (χ4v) is 3.53. The number of nitrogens with one attached hydrogen (secondary N) is 1. The van der Waals surface area contributed by atoms with Gasteiger partial charge in [0.05, 0.1) is 22.8 Å². The number of hydrogen-bond donors (Lipinski definition) is 2. The van der Waals surface area contributed by atoms with Crippen LogP contribution in [-0.2, 0) is 6.42 Å². The number of nitriles is 1. The molecule has 0 bridgehead atoms. The fourth-order valence-electron chi connectivity index (χ4n) is 3.24. The Morgan fingerprint density at radius 3 is 2.53 bits per heavy atom. The standard InChI is InChI=1S/C22H17BrFN3O3/c1-11-18(23)20(28)17(10-25)19(27-11)13-5-3-12(4-6-13)7-14-8-15(24)9-16(22(26)29)21(14)30-2/h3-6,8-9H,7H2,1-2H3,(H2,26,29)(H,27,28). The predicted molar refractivity (Wildman–Crippen MR) is 114 cm³/mol. The number of halogens is 2. The summed E-state index contributed by atoms with van der Waals surface area (Å²) in [4.78, 5) is 27.0. The Balaban J connectivity index is 2.01. The average Bonchev–Trinajstić information content (AvgIpc) is 2.72. The number of ether oxygens (including phenoxy) is 1. The molecule has 0 saturated heterocycles. The van der Waals surface area contributed by atoms with Crippen LogP contribution in [0.3, 0.4) is 0 Å². The molecule has 3 N–H and O–H groups in total. The van der Waals surface area contributed by atoms with Gasteiger partial charge in [-0.15, -0.1) is 0 Å². The number of aryl methyl sites for hydroxylation is 1. The second-order valence-electron chi connectivity index (χ2n) is 6.64. The summed E-state index contributed by atoms with van der Waals surface area (Å²) in [5.41, 5.74) is 7.92. The fraction of sp³-hybridized carbons (Fsp3) is 0.136. The van der Waals surface area contributed by atoms with Gasteiger partial charge in [-0.1, -0.05) is 24.3 Å². The number of methoxy groups -OCH3 is 1. The van der Waals surface area contributed by atoms with Crippen LogP contribution in [0.2, 0.25) is 0 Å². The number of carbonyl (C=O) groups is 1. The van der Waals surface area contributed by atoms with Gasteiger partial charge in [-0.2, -0.15) is 5.26 Å². The van der Waals surface area contributed by atoms with Crippen LogP contribution < -0.4 is 15.9 Å². The number of benzene rings is 2. The number of pyridine rings is 1. The lowest BCUT2D eigenvalue weighted by Gasteiger charge is -2.13. The Morgan fingerprint density at radius 1 is 1.30 bits per heavy atom. The summed E-state index contributed by atoms with van der Waals surface area (Å²) in [7, 11) is 1.39. The number of rotatable bonds is 5.